The Morgan fingerprint density at radius 2 is 1.90 bits per heavy atom. The van der Waals surface area contributed by atoms with Gasteiger partial charge >= 0.3 is 5.97 Å². The molecule has 4 nitrogen and oxygen atoms in total. The molecule has 0 bridgehead atoms. The molecule has 0 aromatic heterocycles. The molecule has 0 saturated carbocycles. The minimum atomic E-state index is -0.273. The van der Waals surface area contributed by atoms with E-state index in [1.165, 1.54) is 5.56 Å². The molecule has 0 radical (unpaired) electrons. The molecule has 4 rings (SSSR count). The lowest BCUT2D eigenvalue weighted by Gasteiger charge is -2.40. The molecular weight excluding hydrogens is 362 g/mol. The number of rotatable bonds is 4. The minimum Gasteiger partial charge on any atom is -0.496 e. The summed E-state index contributed by atoms with van der Waals surface area (Å²) in [5.74, 6) is 1.44. The predicted molar refractivity (Wildman–Crippen MR) is 114 cm³/mol. The van der Waals surface area contributed by atoms with Crippen LogP contribution in [-0.4, -0.2) is 37.6 Å². The summed E-state index contributed by atoms with van der Waals surface area (Å²) in [6, 6.07) is 14.4. The molecule has 0 unspecified atom stereocenters. The molecule has 152 valence electrons. The summed E-state index contributed by atoms with van der Waals surface area (Å²) in [7, 11) is 3.89. The van der Waals surface area contributed by atoms with Crippen molar-refractivity contribution in [2.45, 2.75) is 44.6 Å². The van der Waals surface area contributed by atoms with Gasteiger partial charge in [-0.15, -0.1) is 0 Å². The topological polar surface area (TPSA) is 38.8 Å². The fourth-order valence-corrected chi connectivity index (χ4v) is 4.87. The van der Waals surface area contributed by atoms with E-state index in [1.807, 2.05) is 31.2 Å². The van der Waals surface area contributed by atoms with Crippen LogP contribution in [0.3, 0.4) is 0 Å². The zero-order chi connectivity index (χ0) is 20.6. The largest absolute Gasteiger partial charge is 0.496 e. The molecule has 1 aliphatic heterocycles. The molecule has 2 aromatic carbocycles. The van der Waals surface area contributed by atoms with Crippen molar-refractivity contribution in [2.24, 2.45) is 0 Å². The fourth-order valence-electron chi connectivity index (χ4n) is 4.87. The number of carbonyl (C=O) groups is 1. The van der Waals surface area contributed by atoms with Crippen LogP contribution < -0.4 is 4.74 Å². The van der Waals surface area contributed by atoms with Gasteiger partial charge in [0.15, 0.2) is 0 Å². The summed E-state index contributed by atoms with van der Waals surface area (Å²) < 4.78 is 11.2. The van der Waals surface area contributed by atoms with Crippen molar-refractivity contribution in [2.75, 3.05) is 20.7 Å². The molecule has 0 amide bonds. The van der Waals surface area contributed by atoms with E-state index in [0.717, 1.165) is 48.4 Å². The Balaban J connectivity index is 1.58. The smallest absolute Gasteiger partial charge is 0.343 e. The SMILES string of the molecule is COc1ccc([C@@]23CC=C(OC(=O)c4ccc(C)cc4)C[C@@H]2N(C)CC3)cc1C. The molecule has 1 aliphatic carbocycles. The van der Waals surface area contributed by atoms with Crippen molar-refractivity contribution in [3.8, 4) is 5.75 Å². The second-order valence-electron chi connectivity index (χ2n) is 8.42. The maximum Gasteiger partial charge on any atom is 0.343 e. The van der Waals surface area contributed by atoms with E-state index in [2.05, 4.69) is 43.1 Å². The van der Waals surface area contributed by atoms with Gasteiger partial charge in [0.25, 0.3) is 0 Å². The number of hydrogen-bond donors (Lipinski definition) is 0. The van der Waals surface area contributed by atoms with E-state index in [0.29, 0.717) is 11.6 Å². The lowest BCUT2D eigenvalue weighted by Crippen LogP contribution is -2.43. The molecule has 1 heterocycles. The van der Waals surface area contributed by atoms with E-state index in [1.54, 1.807) is 7.11 Å². The fraction of sp³-hybridized carbons (Fsp3) is 0.400. The Morgan fingerprint density at radius 3 is 2.59 bits per heavy atom. The highest BCUT2D eigenvalue weighted by Gasteiger charge is 2.49. The lowest BCUT2D eigenvalue weighted by atomic mass is 9.68. The highest BCUT2D eigenvalue weighted by atomic mass is 16.5. The van der Waals surface area contributed by atoms with E-state index < -0.39 is 0 Å². The first-order chi connectivity index (χ1) is 13.9. The average molecular weight is 392 g/mol. The van der Waals surface area contributed by atoms with E-state index in [9.17, 15) is 4.79 Å². The van der Waals surface area contributed by atoms with Crippen LogP contribution in [0.4, 0.5) is 0 Å². The first-order valence-electron chi connectivity index (χ1n) is 10.3. The second kappa shape index (κ2) is 7.68. The van der Waals surface area contributed by atoms with Gasteiger partial charge in [-0.2, -0.15) is 0 Å². The summed E-state index contributed by atoms with van der Waals surface area (Å²) in [4.78, 5) is 15.0. The van der Waals surface area contributed by atoms with Crippen LogP contribution in [0.5, 0.6) is 5.75 Å². The van der Waals surface area contributed by atoms with Gasteiger partial charge in [-0.05, 0) is 75.7 Å². The zero-order valence-electron chi connectivity index (χ0n) is 17.7. The number of methoxy groups -OCH3 is 1. The summed E-state index contributed by atoms with van der Waals surface area (Å²) >= 11 is 0. The van der Waals surface area contributed by atoms with Crippen molar-refractivity contribution in [1.82, 2.24) is 4.90 Å². The van der Waals surface area contributed by atoms with Gasteiger partial charge in [0.05, 0.1) is 12.7 Å². The van der Waals surface area contributed by atoms with Crippen molar-refractivity contribution in [1.29, 1.82) is 0 Å². The molecular formula is C25H29NO3. The number of likely N-dealkylation sites (tertiary alicyclic amines) is 1. The van der Waals surface area contributed by atoms with Crippen molar-refractivity contribution in [3.05, 3.63) is 76.6 Å². The first-order valence-corrected chi connectivity index (χ1v) is 10.3. The van der Waals surface area contributed by atoms with E-state index in [4.69, 9.17) is 9.47 Å². The van der Waals surface area contributed by atoms with Crippen LogP contribution in [0, 0.1) is 13.8 Å². The Labute approximate surface area is 173 Å². The zero-order valence-corrected chi connectivity index (χ0v) is 17.7. The first kappa shape index (κ1) is 19.7. The Hall–Kier alpha value is -2.59. The summed E-state index contributed by atoms with van der Waals surface area (Å²) in [6.45, 7) is 5.15. The van der Waals surface area contributed by atoms with Crippen LogP contribution in [-0.2, 0) is 10.2 Å². The number of allylic oxidation sites excluding steroid dienone is 1. The second-order valence-corrected chi connectivity index (χ2v) is 8.42. The van der Waals surface area contributed by atoms with Gasteiger partial charge in [-0.1, -0.05) is 29.8 Å². The number of aryl methyl sites for hydroxylation is 2. The van der Waals surface area contributed by atoms with Crippen molar-refractivity contribution < 1.29 is 14.3 Å². The molecule has 2 aromatic rings. The van der Waals surface area contributed by atoms with Gasteiger partial charge in [-0.25, -0.2) is 4.79 Å². The monoisotopic (exact) mass is 391 g/mol. The molecule has 0 spiro atoms. The van der Waals surface area contributed by atoms with E-state index >= 15 is 0 Å². The summed E-state index contributed by atoms with van der Waals surface area (Å²) in [6.07, 6.45) is 4.86. The number of benzene rings is 2. The minimum absolute atomic E-state index is 0.0611. The van der Waals surface area contributed by atoms with Crippen LogP contribution in [0.15, 0.2) is 54.3 Å². The number of ether oxygens (including phenoxy) is 2. The van der Waals surface area contributed by atoms with Crippen LogP contribution >= 0.6 is 0 Å². The number of hydrogen-bond acceptors (Lipinski definition) is 4. The predicted octanol–water partition coefficient (Wildman–Crippen LogP) is 4.79. The Bertz CT molecular complexity index is 947. The number of likely N-dealkylation sites (N-methyl/N-ethyl adjacent to an activating group) is 1. The molecule has 29 heavy (non-hydrogen) atoms. The molecule has 2 atom stereocenters. The number of carbonyl (C=O) groups excluding carboxylic acids is 1. The van der Waals surface area contributed by atoms with Gasteiger partial charge in [0.2, 0.25) is 0 Å². The number of esters is 1. The molecule has 1 saturated heterocycles. The normalized spacial score (nSPS) is 24.0. The van der Waals surface area contributed by atoms with Crippen LogP contribution in [0.2, 0.25) is 0 Å². The Morgan fingerprint density at radius 1 is 1.14 bits per heavy atom. The quantitative estimate of drug-likeness (QED) is 0.703. The van der Waals surface area contributed by atoms with Crippen molar-refractivity contribution in [3.63, 3.8) is 0 Å². The molecule has 1 fully saturated rings. The van der Waals surface area contributed by atoms with E-state index in [-0.39, 0.29) is 11.4 Å². The maximum absolute atomic E-state index is 12.6. The number of fused-ring (bicyclic) bond motifs is 1. The third-order valence-corrected chi connectivity index (χ3v) is 6.65. The molecule has 0 N–H and O–H groups in total. The highest BCUT2D eigenvalue weighted by Crippen LogP contribution is 2.48. The third kappa shape index (κ3) is 3.58. The number of nitrogens with zero attached hydrogens (tertiary/aromatic N) is 1. The van der Waals surface area contributed by atoms with Crippen LogP contribution in [0.1, 0.15) is 46.3 Å². The standard InChI is InChI=1S/C25H29NO3/c1-17-5-7-19(8-6-17)24(27)29-21-11-12-25(13-14-26(3)23(25)16-21)20-9-10-22(28-4)18(2)15-20/h5-11,15,23H,12-14,16H2,1-4H3/t23-,25-/m0/s1. The van der Waals surface area contributed by atoms with Gasteiger partial charge < -0.3 is 14.4 Å². The summed E-state index contributed by atoms with van der Waals surface area (Å²) in [5.41, 5.74) is 4.30. The maximum atomic E-state index is 12.6. The third-order valence-electron chi connectivity index (χ3n) is 6.65. The molecule has 4 heteroatoms. The van der Waals surface area contributed by atoms with Crippen LogP contribution in [0.25, 0.3) is 0 Å². The molecule has 2 aliphatic rings. The lowest BCUT2D eigenvalue weighted by molar-refractivity contribution is 0.0579. The highest BCUT2D eigenvalue weighted by molar-refractivity contribution is 5.90. The Kier molecular flexibility index (Phi) is 5.22. The average Bonchev–Trinajstić information content (AvgIpc) is 3.06. The van der Waals surface area contributed by atoms with Gasteiger partial charge in [0.1, 0.15) is 11.5 Å². The van der Waals surface area contributed by atoms with Crippen molar-refractivity contribution >= 4 is 5.97 Å². The van der Waals surface area contributed by atoms with Gasteiger partial charge in [-0.3, -0.25) is 0 Å². The summed E-state index contributed by atoms with van der Waals surface area (Å²) in [5, 5.41) is 0. The van der Waals surface area contributed by atoms with Gasteiger partial charge in [0, 0.05) is 17.9 Å².